The molecule has 3 N–H and O–H groups in total. The van der Waals surface area contributed by atoms with Gasteiger partial charge < -0.3 is 20.5 Å². The van der Waals surface area contributed by atoms with E-state index < -0.39 is 0 Å². The van der Waals surface area contributed by atoms with Gasteiger partial charge in [0.15, 0.2) is 0 Å². The van der Waals surface area contributed by atoms with Crippen molar-refractivity contribution in [1.29, 1.82) is 0 Å². The lowest BCUT2D eigenvalue weighted by atomic mass is 10.3. The molecule has 0 bridgehead atoms. The first-order chi connectivity index (χ1) is 7.27. The van der Waals surface area contributed by atoms with Crippen molar-refractivity contribution in [2.24, 2.45) is 0 Å². The Morgan fingerprint density at radius 2 is 2.33 bits per heavy atom. The largest absolute Gasteiger partial charge is 0.382 e. The summed E-state index contributed by atoms with van der Waals surface area (Å²) in [6.07, 6.45) is 1.67. The van der Waals surface area contributed by atoms with Gasteiger partial charge in [-0.15, -0.1) is 0 Å². The molecule has 0 aliphatic carbocycles. The van der Waals surface area contributed by atoms with E-state index in [0.717, 1.165) is 5.69 Å². The van der Waals surface area contributed by atoms with Crippen molar-refractivity contribution in [3.05, 3.63) is 18.3 Å². The van der Waals surface area contributed by atoms with E-state index in [1.807, 2.05) is 12.1 Å². The third-order valence-corrected chi connectivity index (χ3v) is 2.04. The van der Waals surface area contributed by atoms with E-state index in [1.165, 1.54) is 0 Å². The molecule has 1 rings (SSSR count). The van der Waals surface area contributed by atoms with Gasteiger partial charge in [-0.05, 0) is 12.1 Å². The Morgan fingerprint density at radius 1 is 1.53 bits per heavy atom. The van der Waals surface area contributed by atoms with Crippen LogP contribution in [0.2, 0.25) is 0 Å². The average molecular weight is 211 g/mol. The molecule has 0 saturated carbocycles. The quantitative estimate of drug-likeness (QED) is 0.726. The van der Waals surface area contributed by atoms with E-state index in [-0.39, 0.29) is 6.10 Å². The predicted octanol–water partition coefficient (Wildman–Crippen LogP) is 0.737. The van der Waals surface area contributed by atoms with Crippen LogP contribution in [0.15, 0.2) is 18.3 Å². The number of nitrogens with two attached hydrogens (primary N) is 1. The molecule has 0 saturated heterocycles. The minimum Gasteiger partial charge on any atom is -0.382 e. The van der Waals surface area contributed by atoms with Gasteiger partial charge in [0, 0.05) is 27.0 Å². The van der Waals surface area contributed by atoms with E-state index >= 15 is 0 Å². The molecule has 0 radical (unpaired) electrons. The van der Waals surface area contributed by atoms with Crippen LogP contribution in [0.25, 0.3) is 0 Å². The summed E-state index contributed by atoms with van der Waals surface area (Å²) in [7, 11) is 3.29. The Balaban J connectivity index is 2.45. The Morgan fingerprint density at radius 3 is 2.93 bits per heavy atom. The van der Waals surface area contributed by atoms with Crippen LogP contribution < -0.4 is 11.1 Å². The first-order valence-corrected chi connectivity index (χ1v) is 4.74. The predicted molar refractivity (Wildman–Crippen MR) is 59.8 cm³/mol. The number of nitrogens with zero attached hydrogens (tertiary/aromatic N) is 1. The number of hydrogen-bond donors (Lipinski definition) is 2. The molecule has 1 aromatic rings. The van der Waals surface area contributed by atoms with Gasteiger partial charge in [-0.25, -0.2) is 4.98 Å². The molecule has 15 heavy (non-hydrogen) atoms. The van der Waals surface area contributed by atoms with Crippen LogP contribution >= 0.6 is 0 Å². The normalized spacial score (nSPS) is 12.4. The first kappa shape index (κ1) is 11.7. The minimum absolute atomic E-state index is 0.00889. The van der Waals surface area contributed by atoms with Crippen molar-refractivity contribution in [2.75, 3.05) is 38.4 Å². The molecule has 0 spiro atoms. The van der Waals surface area contributed by atoms with Gasteiger partial charge in [-0.3, -0.25) is 0 Å². The van der Waals surface area contributed by atoms with Crippen LogP contribution in [0.3, 0.4) is 0 Å². The number of ether oxygens (including phenoxy) is 2. The molecule has 84 valence electrons. The van der Waals surface area contributed by atoms with E-state index in [9.17, 15) is 0 Å². The highest BCUT2D eigenvalue weighted by molar-refractivity contribution is 5.60. The molecule has 1 aromatic heterocycles. The zero-order valence-electron chi connectivity index (χ0n) is 9.06. The fourth-order valence-corrected chi connectivity index (χ4v) is 1.19. The highest BCUT2D eigenvalue weighted by Crippen LogP contribution is 2.13. The Labute approximate surface area is 89.6 Å². The minimum atomic E-state index is 0.00889. The van der Waals surface area contributed by atoms with Crippen molar-refractivity contribution < 1.29 is 9.47 Å². The SMILES string of the molecule is COCC(CNc1cccnc1N)OC. The third kappa shape index (κ3) is 3.73. The molecule has 0 aliphatic rings. The number of methoxy groups -OCH3 is 2. The number of pyridine rings is 1. The van der Waals surface area contributed by atoms with Gasteiger partial charge in [0.2, 0.25) is 0 Å². The summed E-state index contributed by atoms with van der Waals surface area (Å²) in [6.45, 7) is 1.18. The number of aromatic nitrogens is 1. The maximum Gasteiger partial charge on any atom is 0.146 e. The van der Waals surface area contributed by atoms with Crippen LogP contribution in [0, 0.1) is 0 Å². The molecule has 0 amide bonds. The number of anilines is 2. The second-order valence-corrected chi connectivity index (χ2v) is 3.13. The van der Waals surface area contributed by atoms with Crippen LogP contribution in [0.5, 0.6) is 0 Å². The van der Waals surface area contributed by atoms with Crippen LogP contribution in [-0.4, -0.2) is 38.5 Å². The molecule has 1 atom stereocenters. The van der Waals surface area contributed by atoms with Crippen molar-refractivity contribution in [3.63, 3.8) is 0 Å². The summed E-state index contributed by atoms with van der Waals surface area (Å²) in [5.41, 5.74) is 6.49. The Hall–Kier alpha value is -1.33. The molecule has 0 aromatic carbocycles. The zero-order chi connectivity index (χ0) is 11.1. The summed E-state index contributed by atoms with van der Waals surface area (Å²) in [4.78, 5) is 3.97. The van der Waals surface area contributed by atoms with Crippen molar-refractivity contribution in [2.45, 2.75) is 6.10 Å². The van der Waals surface area contributed by atoms with Crippen molar-refractivity contribution >= 4 is 11.5 Å². The third-order valence-electron chi connectivity index (χ3n) is 2.04. The number of nitrogens with one attached hydrogen (secondary N) is 1. The highest BCUT2D eigenvalue weighted by atomic mass is 16.5. The van der Waals surface area contributed by atoms with E-state index in [2.05, 4.69) is 10.3 Å². The smallest absolute Gasteiger partial charge is 0.146 e. The average Bonchev–Trinajstić information content (AvgIpc) is 2.26. The standard InChI is InChI=1S/C10H17N3O2/c1-14-7-8(15-2)6-13-9-4-3-5-12-10(9)11/h3-5,8,13H,6-7H2,1-2H3,(H2,11,12). The monoisotopic (exact) mass is 211 g/mol. The lowest BCUT2D eigenvalue weighted by Gasteiger charge is -2.16. The number of hydrogen-bond acceptors (Lipinski definition) is 5. The van der Waals surface area contributed by atoms with E-state index in [1.54, 1.807) is 20.4 Å². The molecular weight excluding hydrogens is 194 g/mol. The summed E-state index contributed by atoms with van der Waals surface area (Å²) < 4.78 is 10.2. The fourth-order valence-electron chi connectivity index (χ4n) is 1.19. The topological polar surface area (TPSA) is 69.4 Å². The number of rotatable bonds is 6. The Kier molecular flexibility index (Phi) is 4.86. The van der Waals surface area contributed by atoms with Crippen molar-refractivity contribution in [1.82, 2.24) is 4.98 Å². The van der Waals surface area contributed by atoms with Gasteiger partial charge in [-0.2, -0.15) is 0 Å². The van der Waals surface area contributed by atoms with Gasteiger partial charge in [0.1, 0.15) is 5.82 Å². The second-order valence-electron chi connectivity index (χ2n) is 3.13. The molecule has 5 heteroatoms. The molecule has 0 fully saturated rings. The van der Waals surface area contributed by atoms with E-state index in [0.29, 0.717) is 19.0 Å². The number of nitrogen functional groups attached to an aromatic ring is 1. The fraction of sp³-hybridized carbons (Fsp3) is 0.500. The summed E-state index contributed by atoms with van der Waals surface area (Å²) in [5, 5.41) is 3.16. The molecule has 5 nitrogen and oxygen atoms in total. The zero-order valence-corrected chi connectivity index (χ0v) is 9.06. The van der Waals surface area contributed by atoms with Gasteiger partial charge in [-0.1, -0.05) is 0 Å². The lowest BCUT2D eigenvalue weighted by molar-refractivity contribution is 0.0366. The van der Waals surface area contributed by atoms with Crippen molar-refractivity contribution in [3.8, 4) is 0 Å². The lowest BCUT2D eigenvalue weighted by Crippen LogP contribution is -2.26. The van der Waals surface area contributed by atoms with Crippen LogP contribution in [0.1, 0.15) is 0 Å². The highest BCUT2D eigenvalue weighted by Gasteiger charge is 2.07. The van der Waals surface area contributed by atoms with Crippen LogP contribution in [0.4, 0.5) is 11.5 Å². The summed E-state index contributed by atoms with van der Waals surface area (Å²) in [6, 6.07) is 3.71. The summed E-state index contributed by atoms with van der Waals surface area (Å²) in [5.74, 6) is 0.491. The maximum atomic E-state index is 5.68. The molecule has 1 unspecified atom stereocenters. The van der Waals surface area contributed by atoms with Gasteiger partial charge >= 0.3 is 0 Å². The van der Waals surface area contributed by atoms with Crippen LogP contribution in [-0.2, 0) is 9.47 Å². The van der Waals surface area contributed by atoms with Gasteiger partial charge in [0.05, 0.1) is 18.4 Å². The van der Waals surface area contributed by atoms with E-state index in [4.69, 9.17) is 15.2 Å². The molecular formula is C10H17N3O2. The molecule has 1 heterocycles. The molecule has 0 aliphatic heterocycles. The Bertz CT molecular complexity index is 294. The summed E-state index contributed by atoms with van der Waals surface area (Å²) >= 11 is 0. The first-order valence-electron chi connectivity index (χ1n) is 4.74. The second kappa shape index (κ2) is 6.21. The maximum absolute atomic E-state index is 5.68. The van der Waals surface area contributed by atoms with Gasteiger partial charge in [0.25, 0.3) is 0 Å².